The Bertz CT molecular complexity index is 310. The summed E-state index contributed by atoms with van der Waals surface area (Å²) in [6, 6.07) is 0. The van der Waals surface area contributed by atoms with E-state index >= 15 is 0 Å². The number of hydrogen-bond acceptors (Lipinski definition) is 3. The molecule has 0 atom stereocenters. The number of rotatable bonds is 9. The molecule has 0 spiro atoms. The third kappa shape index (κ3) is 4.71. The van der Waals surface area contributed by atoms with Crippen LogP contribution < -0.4 is 0 Å². The molecule has 18 heavy (non-hydrogen) atoms. The van der Waals surface area contributed by atoms with Gasteiger partial charge in [0.25, 0.3) is 0 Å². The summed E-state index contributed by atoms with van der Waals surface area (Å²) in [6.07, 6.45) is 10.5. The minimum absolute atomic E-state index is 1.06. The first-order chi connectivity index (χ1) is 8.83. The van der Waals surface area contributed by atoms with Gasteiger partial charge >= 0.3 is 0 Å². The van der Waals surface area contributed by atoms with E-state index in [2.05, 4.69) is 36.2 Å². The molecule has 0 N–H and O–H groups in total. The Balaban J connectivity index is 2.85. The molecule has 102 valence electrons. The molecule has 1 rings (SSSR count). The molecule has 1 heterocycles. The zero-order valence-electron chi connectivity index (χ0n) is 12.2. The van der Waals surface area contributed by atoms with Crippen LogP contribution in [0.5, 0.6) is 0 Å². The maximum atomic E-state index is 4.28. The molecule has 0 saturated heterocycles. The van der Waals surface area contributed by atoms with Crippen molar-refractivity contribution in [3.8, 4) is 0 Å². The normalized spacial score (nSPS) is 10.8. The molecule has 0 aliphatic rings. The van der Waals surface area contributed by atoms with Crippen LogP contribution in [0.3, 0.4) is 0 Å². The SMILES string of the molecule is CCCCc1nnnc(CCCC)c1CCCC. The Morgan fingerprint density at radius 1 is 0.667 bits per heavy atom. The van der Waals surface area contributed by atoms with Crippen LogP contribution in [0.15, 0.2) is 0 Å². The number of nitrogens with zero attached hydrogens (tertiary/aromatic N) is 3. The summed E-state index contributed by atoms with van der Waals surface area (Å²) in [5, 5.41) is 12.5. The monoisotopic (exact) mass is 249 g/mol. The zero-order valence-corrected chi connectivity index (χ0v) is 12.2. The van der Waals surface area contributed by atoms with Crippen molar-refractivity contribution in [1.82, 2.24) is 15.4 Å². The summed E-state index contributed by atoms with van der Waals surface area (Å²) in [6.45, 7) is 6.68. The summed E-state index contributed by atoms with van der Waals surface area (Å²) in [7, 11) is 0. The van der Waals surface area contributed by atoms with E-state index in [0.717, 1.165) is 19.3 Å². The second kappa shape index (κ2) is 9.01. The average molecular weight is 249 g/mol. The Kier molecular flexibility index (Phi) is 7.54. The lowest BCUT2D eigenvalue weighted by Gasteiger charge is -2.11. The van der Waals surface area contributed by atoms with Gasteiger partial charge in [0.1, 0.15) is 0 Å². The molecule has 0 aliphatic heterocycles. The van der Waals surface area contributed by atoms with Gasteiger partial charge in [-0.1, -0.05) is 40.0 Å². The quantitative estimate of drug-likeness (QED) is 0.666. The first-order valence-corrected chi connectivity index (χ1v) is 7.53. The van der Waals surface area contributed by atoms with Crippen LogP contribution in [-0.2, 0) is 19.3 Å². The molecule has 3 nitrogen and oxygen atoms in total. The maximum absolute atomic E-state index is 4.28. The van der Waals surface area contributed by atoms with E-state index in [4.69, 9.17) is 0 Å². The lowest BCUT2D eigenvalue weighted by atomic mass is 9.99. The highest BCUT2D eigenvalue weighted by atomic mass is 15.3. The molecule has 0 saturated carbocycles. The summed E-state index contributed by atoms with van der Waals surface area (Å²) in [5.41, 5.74) is 3.80. The topological polar surface area (TPSA) is 38.7 Å². The van der Waals surface area contributed by atoms with Gasteiger partial charge in [-0.15, -0.1) is 10.2 Å². The number of hydrogen-bond donors (Lipinski definition) is 0. The van der Waals surface area contributed by atoms with Gasteiger partial charge in [-0.3, -0.25) is 0 Å². The second-order valence-electron chi connectivity index (χ2n) is 4.97. The van der Waals surface area contributed by atoms with Crippen LogP contribution in [-0.4, -0.2) is 15.4 Å². The summed E-state index contributed by atoms with van der Waals surface area (Å²) < 4.78 is 0. The van der Waals surface area contributed by atoms with E-state index in [1.54, 1.807) is 0 Å². The molecule has 0 radical (unpaired) electrons. The van der Waals surface area contributed by atoms with Crippen molar-refractivity contribution in [1.29, 1.82) is 0 Å². The van der Waals surface area contributed by atoms with E-state index < -0.39 is 0 Å². The third-order valence-electron chi connectivity index (χ3n) is 3.34. The van der Waals surface area contributed by atoms with Crippen molar-refractivity contribution >= 4 is 0 Å². The van der Waals surface area contributed by atoms with Crippen molar-refractivity contribution < 1.29 is 0 Å². The molecule has 0 aromatic carbocycles. The molecule has 0 amide bonds. The van der Waals surface area contributed by atoms with Gasteiger partial charge in [0.2, 0.25) is 0 Å². The average Bonchev–Trinajstić information content (AvgIpc) is 2.41. The maximum Gasteiger partial charge on any atom is 0.0699 e. The van der Waals surface area contributed by atoms with Gasteiger partial charge in [0.05, 0.1) is 11.4 Å². The van der Waals surface area contributed by atoms with E-state index in [9.17, 15) is 0 Å². The highest BCUT2D eigenvalue weighted by Gasteiger charge is 2.11. The van der Waals surface area contributed by atoms with Crippen LogP contribution in [0.4, 0.5) is 0 Å². The Morgan fingerprint density at radius 2 is 1.11 bits per heavy atom. The van der Waals surface area contributed by atoms with Crippen LogP contribution in [0.1, 0.15) is 76.2 Å². The molecule has 1 aromatic rings. The highest BCUT2D eigenvalue weighted by Crippen LogP contribution is 2.17. The Hall–Kier alpha value is -0.990. The number of aromatic nitrogens is 3. The summed E-state index contributed by atoms with van der Waals surface area (Å²) in [5.74, 6) is 0. The van der Waals surface area contributed by atoms with Crippen molar-refractivity contribution in [3.63, 3.8) is 0 Å². The molecule has 1 aromatic heterocycles. The van der Waals surface area contributed by atoms with E-state index in [0.29, 0.717) is 0 Å². The Morgan fingerprint density at radius 3 is 1.56 bits per heavy atom. The summed E-state index contributed by atoms with van der Waals surface area (Å²) >= 11 is 0. The minimum atomic E-state index is 1.06. The standard InChI is InChI=1S/C15H27N3/c1-4-7-10-13-14(11-8-5-2)16-18-17-15(13)12-9-6-3/h4-12H2,1-3H3. The smallest absolute Gasteiger partial charge is 0.0699 e. The molecule has 0 bridgehead atoms. The van der Waals surface area contributed by atoms with E-state index in [1.165, 1.54) is 55.5 Å². The van der Waals surface area contributed by atoms with Crippen LogP contribution in [0.25, 0.3) is 0 Å². The van der Waals surface area contributed by atoms with Crippen molar-refractivity contribution in [2.75, 3.05) is 0 Å². The van der Waals surface area contributed by atoms with Gasteiger partial charge in [0.15, 0.2) is 0 Å². The zero-order chi connectivity index (χ0) is 13.2. The van der Waals surface area contributed by atoms with Crippen molar-refractivity contribution in [2.45, 2.75) is 78.6 Å². The van der Waals surface area contributed by atoms with Crippen LogP contribution >= 0.6 is 0 Å². The fourth-order valence-electron chi connectivity index (χ4n) is 2.15. The summed E-state index contributed by atoms with van der Waals surface area (Å²) in [4.78, 5) is 0. The molecular weight excluding hydrogens is 222 g/mol. The lowest BCUT2D eigenvalue weighted by Crippen LogP contribution is -2.09. The molecular formula is C15H27N3. The lowest BCUT2D eigenvalue weighted by molar-refractivity contribution is 0.659. The molecule has 0 unspecified atom stereocenters. The van der Waals surface area contributed by atoms with Gasteiger partial charge in [-0.25, -0.2) is 0 Å². The predicted octanol–water partition coefficient (Wildman–Crippen LogP) is 3.90. The fourth-order valence-corrected chi connectivity index (χ4v) is 2.15. The highest BCUT2D eigenvalue weighted by molar-refractivity contribution is 5.24. The minimum Gasteiger partial charge on any atom is -0.135 e. The molecule has 0 fully saturated rings. The predicted molar refractivity (Wildman–Crippen MR) is 75.7 cm³/mol. The second-order valence-corrected chi connectivity index (χ2v) is 4.97. The largest absolute Gasteiger partial charge is 0.135 e. The van der Waals surface area contributed by atoms with Crippen molar-refractivity contribution in [2.24, 2.45) is 0 Å². The van der Waals surface area contributed by atoms with Gasteiger partial charge in [-0.05, 0) is 49.3 Å². The third-order valence-corrected chi connectivity index (χ3v) is 3.34. The van der Waals surface area contributed by atoms with E-state index in [1.807, 2.05) is 0 Å². The van der Waals surface area contributed by atoms with Gasteiger partial charge in [-0.2, -0.15) is 0 Å². The van der Waals surface area contributed by atoms with Gasteiger partial charge in [0, 0.05) is 0 Å². The first kappa shape index (κ1) is 15.1. The first-order valence-electron chi connectivity index (χ1n) is 7.53. The van der Waals surface area contributed by atoms with E-state index in [-0.39, 0.29) is 0 Å². The van der Waals surface area contributed by atoms with Crippen LogP contribution in [0, 0.1) is 0 Å². The molecule has 0 aliphatic carbocycles. The van der Waals surface area contributed by atoms with Gasteiger partial charge < -0.3 is 0 Å². The van der Waals surface area contributed by atoms with Crippen LogP contribution in [0.2, 0.25) is 0 Å². The fraction of sp³-hybridized carbons (Fsp3) is 0.800. The van der Waals surface area contributed by atoms with Crippen molar-refractivity contribution in [3.05, 3.63) is 17.0 Å². The molecule has 3 heteroatoms. The number of unbranched alkanes of at least 4 members (excludes halogenated alkanes) is 3. The number of aryl methyl sites for hydroxylation is 2. The Labute approximate surface area is 111 Å².